The monoisotopic (exact) mass is 656 g/mol. The van der Waals surface area contributed by atoms with Crippen LogP contribution in [0.3, 0.4) is 0 Å². The third-order valence-corrected chi connectivity index (χ3v) is 12.3. The number of anilines is 1. The quantitative estimate of drug-likeness (QED) is 0.105. The van der Waals surface area contributed by atoms with Gasteiger partial charge in [0, 0.05) is 34.1 Å². The fourth-order valence-electron chi connectivity index (χ4n) is 6.77. The zero-order valence-electron chi connectivity index (χ0n) is 26.4. The van der Waals surface area contributed by atoms with E-state index in [-0.39, 0.29) is 17.7 Å². The first-order valence-electron chi connectivity index (χ1n) is 15.9. The van der Waals surface area contributed by atoms with Crippen LogP contribution < -0.4 is 9.47 Å². The van der Waals surface area contributed by atoms with Crippen molar-refractivity contribution in [2.24, 2.45) is 0 Å². The highest BCUT2D eigenvalue weighted by Crippen LogP contribution is 2.54. The number of fused-ring (bicyclic) bond motifs is 6. The van der Waals surface area contributed by atoms with Gasteiger partial charge < -0.3 is 9.45 Å². The zero-order chi connectivity index (χ0) is 31.8. The summed E-state index contributed by atoms with van der Waals surface area (Å²) in [6.07, 6.45) is 8.87. The predicted octanol–water partition coefficient (Wildman–Crippen LogP) is 9.65. The van der Waals surface area contributed by atoms with Crippen LogP contribution in [0.4, 0.5) is 5.69 Å². The van der Waals surface area contributed by atoms with Gasteiger partial charge in [0.15, 0.2) is 6.54 Å². The summed E-state index contributed by atoms with van der Waals surface area (Å²) in [6, 6.07) is 25.8. The molecule has 1 aliphatic rings. The topological polar surface area (TPSA) is 64.3 Å². The molecule has 0 fully saturated rings. The largest absolute Gasteiger partial charge is 0.748 e. The summed E-state index contributed by atoms with van der Waals surface area (Å²) in [4.78, 5) is 3.92. The molecule has 0 bridgehead atoms. The van der Waals surface area contributed by atoms with Gasteiger partial charge in [-0.05, 0) is 66.3 Å². The molecule has 0 saturated carbocycles. The van der Waals surface area contributed by atoms with Crippen LogP contribution in [0.15, 0.2) is 94.4 Å². The van der Waals surface area contributed by atoms with Crippen molar-refractivity contribution >= 4 is 76.7 Å². The van der Waals surface area contributed by atoms with E-state index in [1.54, 1.807) is 11.3 Å². The van der Waals surface area contributed by atoms with Gasteiger partial charge in [-0.1, -0.05) is 105 Å². The number of benzene rings is 4. The first kappa shape index (κ1) is 31.8. The minimum absolute atomic E-state index is 0.00663. The average Bonchev–Trinajstić information content (AvgIpc) is 3.59. The van der Waals surface area contributed by atoms with Gasteiger partial charge in [0.25, 0.3) is 5.01 Å². The van der Waals surface area contributed by atoms with E-state index in [4.69, 9.17) is 0 Å². The number of aryl methyl sites for hydroxylation is 1. The molecule has 2 heterocycles. The van der Waals surface area contributed by atoms with Crippen LogP contribution >= 0.6 is 23.1 Å². The van der Waals surface area contributed by atoms with Crippen molar-refractivity contribution in [2.45, 2.75) is 76.8 Å². The molecule has 0 unspecified atom stereocenters. The highest BCUT2D eigenvalue weighted by molar-refractivity contribution is 8.03. The van der Waals surface area contributed by atoms with Crippen molar-refractivity contribution < 1.29 is 17.5 Å². The maximum atomic E-state index is 11.5. The lowest BCUT2D eigenvalue weighted by molar-refractivity contribution is -0.667. The Morgan fingerprint density at radius 3 is 2.20 bits per heavy atom. The van der Waals surface area contributed by atoms with Crippen LogP contribution in [-0.4, -0.2) is 24.3 Å². The molecule has 0 amide bonds. The van der Waals surface area contributed by atoms with Crippen molar-refractivity contribution in [2.75, 3.05) is 10.7 Å². The molecule has 0 radical (unpaired) electrons. The van der Waals surface area contributed by atoms with Gasteiger partial charge in [-0.3, -0.25) is 0 Å². The van der Waals surface area contributed by atoms with E-state index in [1.165, 1.54) is 32.0 Å². The summed E-state index contributed by atoms with van der Waals surface area (Å²) in [5, 5.41) is 7.12. The van der Waals surface area contributed by atoms with Crippen LogP contribution in [0.1, 0.15) is 64.8 Å². The van der Waals surface area contributed by atoms with Gasteiger partial charge in [0.1, 0.15) is 4.70 Å². The first-order chi connectivity index (χ1) is 21.7. The van der Waals surface area contributed by atoms with E-state index in [0.717, 1.165) is 51.7 Å². The molecule has 1 aliphatic heterocycles. The Kier molecular flexibility index (Phi) is 9.12. The second-order valence-corrected chi connectivity index (χ2v) is 15.4. The maximum absolute atomic E-state index is 11.5. The summed E-state index contributed by atoms with van der Waals surface area (Å²) in [6.45, 7) is 9.57. The molecule has 0 N–H and O–H groups in total. The minimum Gasteiger partial charge on any atom is -0.748 e. The molecule has 5 aromatic rings. The lowest BCUT2D eigenvalue weighted by Crippen LogP contribution is -2.45. The minimum atomic E-state index is -4.29. The fraction of sp³-hybridized carbons (Fsp3) is 0.324. The van der Waals surface area contributed by atoms with Crippen LogP contribution in [-0.2, 0) is 16.7 Å². The number of rotatable bonds is 11. The van der Waals surface area contributed by atoms with Gasteiger partial charge >= 0.3 is 0 Å². The van der Waals surface area contributed by atoms with Crippen LogP contribution in [0, 0.1) is 0 Å². The fourth-order valence-corrected chi connectivity index (χ4v) is 9.68. The SMILES string of the molecule is CCC(/C=C1\Sc2ccc3ccccc3c2N1C(CC)(CC)CC)=C\c1sc2ccc3ccccc3c2[n+]1CCCS(=O)(=O)[O-]. The van der Waals surface area contributed by atoms with Crippen molar-refractivity contribution in [1.82, 2.24) is 0 Å². The Bertz CT molecular complexity index is 2050. The standard InChI is InChI=1S/C37H40N2O3S3/c1-5-26(24-33-38(22-13-23-45(40,41)42)35-29-16-11-9-14-27(29)18-20-31(35)43-33)25-34-39(37(6-2,7-3)8-4)36-30-17-12-10-15-28(30)19-21-32(36)44-34/h9-12,14-21,24-25H,5-8,13,22-23H2,1-4H3. The number of hydrogen-bond acceptors (Lipinski definition) is 6. The molecule has 8 heteroatoms. The smallest absolute Gasteiger partial charge is 0.263 e. The second-order valence-electron chi connectivity index (χ2n) is 11.8. The van der Waals surface area contributed by atoms with Crippen molar-refractivity contribution in [3.05, 3.63) is 94.5 Å². The number of thiazole rings is 1. The molecule has 4 aromatic carbocycles. The summed E-state index contributed by atoms with van der Waals surface area (Å²) in [5.74, 6) is -0.374. The number of aromatic nitrogens is 1. The number of nitrogens with zero attached hydrogens (tertiary/aromatic N) is 2. The molecular formula is C37H40N2O3S3. The predicted molar refractivity (Wildman–Crippen MR) is 191 cm³/mol. The van der Waals surface area contributed by atoms with Gasteiger partial charge in [-0.25, -0.2) is 8.42 Å². The summed E-state index contributed by atoms with van der Waals surface area (Å²) >= 11 is 3.57. The molecular weight excluding hydrogens is 617 g/mol. The maximum Gasteiger partial charge on any atom is 0.263 e. The molecule has 6 rings (SSSR count). The number of thioether (sulfide) groups is 1. The second kappa shape index (κ2) is 12.9. The molecule has 0 aliphatic carbocycles. The van der Waals surface area contributed by atoms with Gasteiger partial charge in [0.2, 0.25) is 5.52 Å². The van der Waals surface area contributed by atoms with Crippen molar-refractivity contribution in [1.29, 1.82) is 0 Å². The normalized spacial score (nSPS) is 15.2. The Morgan fingerprint density at radius 2 is 1.53 bits per heavy atom. The Labute approximate surface area is 275 Å². The molecule has 234 valence electrons. The average molecular weight is 657 g/mol. The van der Waals surface area contributed by atoms with E-state index in [9.17, 15) is 13.0 Å². The van der Waals surface area contributed by atoms with E-state index in [0.29, 0.717) is 6.54 Å². The Morgan fingerprint density at radius 1 is 0.889 bits per heavy atom. The molecule has 5 nitrogen and oxygen atoms in total. The zero-order valence-corrected chi connectivity index (χ0v) is 28.8. The Balaban J connectivity index is 1.51. The van der Waals surface area contributed by atoms with Crippen LogP contribution in [0.25, 0.3) is 37.8 Å². The number of allylic oxidation sites excluding steroid dienone is 2. The Hall–Kier alpha value is -3.17. The summed E-state index contributed by atoms with van der Waals surface area (Å²) < 4.78 is 37.9. The van der Waals surface area contributed by atoms with Crippen LogP contribution in [0.2, 0.25) is 0 Å². The third-order valence-electron chi connectivity index (χ3n) is 9.39. The summed E-state index contributed by atoms with van der Waals surface area (Å²) in [7, 11) is -4.29. The molecule has 0 atom stereocenters. The third kappa shape index (κ3) is 6.06. The highest BCUT2D eigenvalue weighted by Gasteiger charge is 2.40. The molecule has 45 heavy (non-hydrogen) atoms. The van der Waals surface area contributed by atoms with Crippen LogP contribution in [0.5, 0.6) is 0 Å². The lowest BCUT2D eigenvalue weighted by Gasteiger charge is -2.43. The van der Waals surface area contributed by atoms with E-state index < -0.39 is 10.1 Å². The van der Waals surface area contributed by atoms with Gasteiger partial charge in [0.05, 0.1) is 26.2 Å². The number of hydrogen-bond donors (Lipinski definition) is 0. The first-order valence-corrected chi connectivity index (χ1v) is 19.1. The van der Waals surface area contributed by atoms with Crippen molar-refractivity contribution in [3.8, 4) is 0 Å². The van der Waals surface area contributed by atoms with E-state index in [1.807, 2.05) is 23.9 Å². The highest BCUT2D eigenvalue weighted by atomic mass is 32.2. The molecule has 1 aromatic heterocycles. The summed E-state index contributed by atoms with van der Waals surface area (Å²) in [5.41, 5.74) is 3.60. The lowest BCUT2D eigenvalue weighted by atomic mass is 9.86. The van der Waals surface area contributed by atoms with E-state index >= 15 is 0 Å². The van der Waals surface area contributed by atoms with Gasteiger partial charge in [-0.15, -0.1) is 0 Å². The van der Waals surface area contributed by atoms with Crippen molar-refractivity contribution in [3.63, 3.8) is 0 Å². The molecule has 0 saturated heterocycles. The van der Waals surface area contributed by atoms with Gasteiger partial charge in [-0.2, -0.15) is 4.57 Å². The van der Waals surface area contributed by atoms with E-state index in [2.05, 4.69) is 110 Å². The molecule has 0 spiro atoms.